The normalized spacial score (nSPS) is 18.7. The molecule has 0 bridgehead atoms. The van der Waals surface area contributed by atoms with Gasteiger partial charge in [0.25, 0.3) is 0 Å². The summed E-state index contributed by atoms with van der Waals surface area (Å²) >= 11 is 0. The topological polar surface area (TPSA) is 42.0 Å². The third kappa shape index (κ3) is 8.30. The number of Topliss-reactive ketones (excluding diaryl/α,β-unsaturated/α-hetero) is 1. The van der Waals surface area contributed by atoms with E-state index in [1.807, 2.05) is 50.3 Å². The first kappa shape index (κ1) is 27.6. The van der Waals surface area contributed by atoms with Crippen molar-refractivity contribution in [1.82, 2.24) is 0 Å². The summed E-state index contributed by atoms with van der Waals surface area (Å²) in [6.45, 7) is 10.8. The van der Waals surface area contributed by atoms with Crippen LogP contribution in [0.4, 0.5) is 11.4 Å². The second-order valence-corrected chi connectivity index (χ2v) is 9.85. The van der Waals surface area contributed by atoms with Crippen LogP contribution in [0.5, 0.6) is 0 Å². The molecule has 200 valence electrons. The van der Waals surface area contributed by atoms with Crippen LogP contribution in [0.1, 0.15) is 25.0 Å². The van der Waals surface area contributed by atoms with Crippen molar-refractivity contribution in [3.63, 3.8) is 0 Å². The molecule has 2 saturated heterocycles. The first-order chi connectivity index (χ1) is 18.6. The summed E-state index contributed by atoms with van der Waals surface area (Å²) < 4.78 is 10.9. The molecule has 0 amide bonds. The molecular formula is C33H40N2O3. The third-order valence-corrected chi connectivity index (χ3v) is 7.04. The van der Waals surface area contributed by atoms with Crippen molar-refractivity contribution in [2.75, 3.05) is 62.4 Å². The molecule has 0 spiro atoms. The molecule has 2 aromatic rings. The summed E-state index contributed by atoms with van der Waals surface area (Å²) in [6.07, 6.45) is 16.0. The molecule has 5 nitrogen and oxygen atoms in total. The van der Waals surface area contributed by atoms with E-state index in [0.29, 0.717) is 0 Å². The molecule has 2 fully saturated rings. The van der Waals surface area contributed by atoms with Gasteiger partial charge in [0.05, 0.1) is 26.4 Å². The van der Waals surface area contributed by atoms with Gasteiger partial charge in [-0.05, 0) is 35.4 Å². The molecule has 2 heterocycles. The van der Waals surface area contributed by atoms with Crippen LogP contribution in [-0.2, 0) is 14.3 Å². The van der Waals surface area contributed by atoms with E-state index in [9.17, 15) is 4.79 Å². The molecule has 0 N–H and O–H groups in total. The van der Waals surface area contributed by atoms with Gasteiger partial charge < -0.3 is 19.3 Å². The molecule has 0 aliphatic carbocycles. The Hall–Kier alpha value is -3.41. The van der Waals surface area contributed by atoms with Gasteiger partial charge in [0.2, 0.25) is 0 Å². The van der Waals surface area contributed by atoms with Gasteiger partial charge in [-0.3, -0.25) is 4.79 Å². The van der Waals surface area contributed by atoms with E-state index in [1.54, 1.807) is 0 Å². The van der Waals surface area contributed by atoms with E-state index in [0.717, 1.165) is 63.7 Å². The number of ketones is 1. The Labute approximate surface area is 227 Å². The molecule has 0 aromatic heterocycles. The lowest BCUT2D eigenvalue weighted by Gasteiger charge is -2.28. The summed E-state index contributed by atoms with van der Waals surface area (Å²) in [4.78, 5) is 17.5. The van der Waals surface area contributed by atoms with E-state index in [1.165, 1.54) is 11.4 Å². The van der Waals surface area contributed by atoms with Crippen LogP contribution < -0.4 is 9.80 Å². The number of morpholine rings is 2. The average Bonchev–Trinajstić information content (AvgIpc) is 2.98. The predicted octanol–water partition coefficient (Wildman–Crippen LogP) is 6.04. The number of nitrogens with zero attached hydrogens (tertiary/aromatic N) is 2. The fraction of sp³-hybridized carbons (Fsp3) is 0.364. The van der Waals surface area contributed by atoms with Crippen LogP contribution in [0.2, 0.25) is 0 Å². The third-order valence-electron chi connectivity index (χ3n) is 7.04. The molecule has 2 unspecified atom stereocenters. The maximum Gasteiger partial charge on any atom is 0.145 e. The second kappa shape index (κ2) is 14.5. The molecule has 38 heavy (non-hydrogen) atoms. The number of carbonyl (C=O) groups excluding carboxylic acids is 1. The van der Waals surface area contributed by atoms with Crippen molar-refractivity contribution >= 4 is 29.3 Å². The SMILES string of the molecule is CC(C=CC=Cc1ccc(N2CCOCC2)cc1)C(=O)C(C)C=CC=Cc1ccc(N2CCOCC2)cc1. The van der Waals surface area contributed by atoms with Gasteiger partial charge in [-0.1, -0.05) is 86.7 Å². The molecule has 2 aliphatic rings. The molecule has 0 radical (unpaired) electrons. The fourth-order valence-corrected chi connectivity index (χ4v) is 4.63. The first-order valence-corrected chi connectivity index (χ1v) is 13.7. The molecule has 4 rings (SSSR count). The summed E-state index contributed by atoms with van der Waals surface area (Å²) in [5, 5.41) is 0. The second-order valence-electron chi connectivity index (χ2n) is 9.85. The predicted molar refractivity (Wildman–Crippen MR) is 159 cm³/mol. The minimum Gasteiger partial charge on any atom is -0.378 e. The van der Waals surface area contributed by atoms with Gasteiger partial charge in [-0.2, -0.15) is 0 Å². The van der Waals surface area contributed by atoms with E-state index < -0.39 is 0 Å². The average molecular weight is 513 g/mol. The van der Waals surface area contributed by atoms with Crippen molar-refractivity contribution < 1.29 is 14.3 Å². The number of hydrogen-bond acceptors (Lipinski definition) is 5. The van der Waals surface area contributed by atoms with E-state index in [-0.39, 0.29) is 17.6 Å². The Balaban J connectivity index is 1.20. The maximum atomic E-state index is 12.8. The van der Waals surface area contributed by atoms with Crippen LogP contribution >= 0.6 is 0 Å². The zero-order chi connectivity index (χ0) is 26.6. The lowest BCUT2D eigenvalue weighted by atomic mass is 9.94. The van der Waals surface area contributed by atoms with Gasteiger partial charge in [-0.25, -0.2) is 0 Å². The van der Waals surface area contributed by atoms with Crippen molar-refractivity contribution in [2.24, 2.45) is 11.8 Å². The van der Waals surface area contributed by atoms with Crippen molar-refractivity contribution in [1.29, 1.82) is 0 Å². The number of rotatable bonds is 10. The lowest BCUT2D eigenvalue weighted by molar-refractivity contribution is -0.123. The van der Waals surface area contributed by atoms with Crippen LogP contribution in [-0.4, -0.2) is 58.4 Å². The molecule has 2 aromatic carbocycles. The number of anilines is 2. The Morgan fingerprint density at radius 2 is 1.00 bits per heavy atom. The Morgan fingerprint density at radius 3 is 1.37 bits per heavy atom. The van der Waals surface area contributed by atoms with Gasteiger partial charge in [0.15, 0.2) is 0 Å². The van der Waals surface area contributed by atoms with Gasteiger partial charge in [0, 0.05) is 49.4 Å². The van der Waals surface area contributed by atoms with Crippen LogP contribution in [0, 0.1) is 11.8 Å². The molecular weight excluding hydrogens is 472 g/mol. The minimum absolute atomic E-state index is 0.139. The molecule has 2 aliphatic heterocycles. The quantitative estimate of drug-likeness (QED) is 0.363. The zero-order valence-electron chi connectivity index (χ0n) is 22.7. The number of allylic oxidation sites excluding steroid dienone is 6. The molecule has 0 saturated carbocycles. The number of carbonyl (C=O) groups is 1. The van der Waals surface area contributed by atoms with Gasteiger partial charge >= 0.3 is 0 Å². The van der Waals surface area contributed by atoms with Crippen LogP contribution in [0.15, 0.2) is 85.0 Å². The van der Waals surface area contributed by atoms with Gasteiger partial charge in [0.1, 0.15) is 5.78 Å². The van der Waals surface area contributed by atoms with E-state index >= 15 is 0 Å². The Kier molecular flexibility index (Phi) is 10.5. The number of ether oxygens (including phenoxy) is 2. The summed E-state index contributed by atoms with van der Waals surface area (Å²) in [5.74, 6) is -0.0663. The maximum absolute atomic E-state index is 12.8. The smallest absolute Gasteiger partial charge is 0.145 e. The highest BCUT2D eigenvalue weighted by molar-refractivity contribution is 5.86. The lowest BCUT2D eigenvalue weighted by Crippen LogP contribution is -2.36. The Bertz CT molecular complexity index is 1030. The fourth-order valence-electron chi connectivity index (χ4n) is 4.63. The Morgan fingerprint density at radius 1 is 0.632 bits per heavy atom. The molecule has 2 atom stereocenters. The van der Waals surface area contributed by atoms with Crippen LogP contribution in [0.3, 0.4) is 0 Å². The van der Waals surface area contributed by atoms with E-state index in [2.05, 4.69) is 70.5 Å². The zero-order valence-corrected chi connectivity index (χ0v) is 22.7. The van der Waals surface area contributed by atoms with Gasteiger partial charge in [-0.15, -0.1) is 0 Å². The monoisotopic (exact) mass is 512 g/mol. The van der Waals surface area contributed by atoms with Crippen molar-refractivity contribution in [3.8, 4) is 0 Å². The largest absolute Gasteiger partial charge is 0.378 e. The van der Waals surface area contributed by atoms with Crippen molar-refractivity contribution in [3.05, 3.63) is 96.1 Å². The molecule has 5 heteroatoms. The minimum atomic E-state index is -0.139. The highest BCUT2D eigenvalue weighted by Crippen LogP contribution is 2.19. The first-order valence-electron chi connectivity index (χ1n) is 13.7. The number of benzene rings is 2. The van der Waals surface area contributed by atoms with Crippen molar-refractivity contribution in [2.45, 2.75) is 13.8 Å². The summed E-state index contributed by atoms with van der Waals surface area (Å²) in [7, 11) is 0. The standard InChI is InChI=1S/C33H40N2O3/c1-27(7-3-5-9-29-11-15-31(16-12-29)34-19-23-37-24-20-34)33(36)28(2)8-4-6-10-30-13-17-32(18-14-30)35-21-25-38-26-22-35/h3-18,27-28H,19-26H2,1-2H3. The summed E-state index contributed by atoms with van der Waals surface area (Å²) in [5.41, 5.74) is 4.76. The summed E-state index contributed by atoms with van der Waals surface area (Å²) in [6, 6.07) is 17.1. The highest BCUT2D eigenvalue weighted by atomic mass is 16.5. The van der Waals surface area contributed by atoms with Crippen LogP contribution in [0.25, 0.3) is 12.2 Å². The highest BCUT2D eigenvalue weighted by Gasteiger charge is 2.15. The number of hydrogen-bond donors (Lipinski definition) is 0. The van der Waals surface area contributed by atoms with E-state index in [4.69, 9.17) is 9.47 Å².